The SMILES string of the molecule is CCCNC(=O)[C@@H](C)N(Cc1ccccc1C)C(=O)CN(c1ccccc1C)S(=O)(=O)c1ccccc1. The highest BCUT2D eigenvalue weighted by atomic mass is 32.2. The van der Waals surface area contributed by atoms with Gasteiger partial charge in [0.05, 0.1) is 10.6 Å². The molecule has 0 radical (unpaired) electrons. The second-order valence-electron chi connectivity index (χ2n) is 9.03. The normalized spacial score (nSPS) is 12.0. The van der Waals surface area contributed by atoms with E-state index in [-0.39, 0.29) is 17.3 Å². The molecule has 3 aromatic carbocycles. The van der Waals surface area contributed by atoms with E-state index in [1.54, 1.807) is 50.2 Å². The largest absolute Gasteiger partial charge is 0.354 e. The Morgan fingerprint density at radius 3 is 2.08 bits per heavy atom. The third-order valence-corrected chi connectivity index (χ3v) is 8.09. The van der Waals surface area contributed by atoms with Gasteiger partial charge in [-0.25, -0.2) is 8.42 Å². The van der Waals surface area contributed by atoms with Gasteiger partial charge in [0.25, 0.3) is 10.0 Å². The lowest BCUT2D eigenvalue weighted by atomic mass is 10.1. The van der Waals surface area contributed by atoms with Gasteiger partial charge in [-0.1, -0.05) is 67.6 Å². The highest BCUT2D eigenvalue weighted by Gasteiger charge is 2.33. The van der Waals surface area contributed by atoms with Crippen molar-refractivity contribution in [3.05, 3.63) is 95.6 Å². The highest BCUT2D eigenvalue weighted by Crippen LogP contribution is 2.27. The van der Waals surface area contributed by atoms with Crippen LogP contribution in [0.2, 0.25) is 0 Å². The maximum atomic E-state index is 13.9. The molecule has 0 aliphatic rings. The Labute approximate surface area is 220 Å². The van der Waals surface area contributed by atoms with Crippen LogP contribution in [0.1, 0.15) is 37.0 Å². The number of rotatable bonds is 11. The number of carbonyl (C=O) groups is 2. The Bertz CT molecular complexity index is 1330. The monoisotopic (exact) mass is 521 g/mol. The second-order valence-corrected chi connectivity index (χ2v) is 10.9. The summed E-state index contributed by atoms with van der Waals surface area (Å²) in [5.74, 6) is -0.748. The van der Waals surface area contributed by atoms with Crippen molar-refractivity contribution < 1.29 is 18.0 Å². The molecule has 0 aromatic heterocycles. The zero-order valence-electron chi connectivity index (χ0n) is 21.8. The molecule has 0 aliphatic heterocycles. The van der Waals surface area contributed by atoms with Gasteiger partial charge >= 0.3 is 0 Å². The zero-order valence-corrected chi connectivity index (χ0v) is 22.7. The van der Waals surface area contributed by atoms with Crippen LogP contribution < -0.4 is 9.62 Å². The maximum absolute atomic E-state index is 13.9. The van der Waals surface area contributed by atoms with Crippen LogP contribution in [-0.4, -0.2) is 44.3 Å². The van der Waals surface area contributed by atoms with E-state index in [4.69, 9.17) is 0 Å². The van der Waals surface area contributed by atoms with Crippen molar-refractivity contribution in [2.45, 2.75) is 51.6 Å². The average molecular weight is 522 g/mol. The molecular weight excluding hydrogens is 486 g/mol. The summed E-state index contributed by atoms with van der Waals surface area (Å²) < 4.78 is 28.7. The first kappa shape index (κ1) is 27.9. The Balaban J connectivity index is 2.03. The van der Waals surface area contributed by atoms with Crippen molar-refractivity contribution in [2.75, 3.05) is 17.4 Å². The summed E-state index contributed by atoms with van der Waals surface area (Å²) in [5.41, 5.74) is 3.00. The van der Waals surface area contributed by atoms with Gasteiger partial charge in [-0.15, -0.1) is 0 Å². The average Bonchev–Trinajstić information content (AvgIpc) is 2.90. The fraction of sp³-hybridized carbons (Fsp3) is 0.310. The van der Waals surface area contributed by atoms with Crippen molar-refractivity contribution >= 4 is 27.5 Å². The predicted octanol–water partition coefficient (Wildman–Crippen LogP) is 4.44. The van der Waals surface area contributed by atoms with E-state index in [2.05, 4.69) is 5.32 Å². The number of hydrogen-bond acceptors (Lipinski definition) is 4. The molecule has 3 aromatic rings. The van der Waals surface area contributed by atoms with Crippen LogP contribution in [0.25, 0.3) is 0 Å². The van der Waals surface area contributed by atoms with E-state index in [0.717, 1.165) is 21.9 Å². The van der Waals surface area contributed by atoms with Crippen molar-refractivity contribution in [3.8, 4) is 0 Å². The molecule has 196 valence electrons. The first-order valence-corrected chi connectivity index (χ1v) is 13.9. The van der Waals surface area contributed by atoms with E-state index in [0.29, 0.717) is 17.8 Å². The van der Waals surface area contributed by atoms with Crippen LogP contribution in [0.4, 0.5) is 5.69 Å². The van der Waals surface area contributed by atoms with Crippen molar-refractivity contribution in [1.82, 2.24) is 10.2 Å². The van der Waals surface area contributed by atoms with E-state index in [1.807, 2.05) is 44.2 Å². The van der Waals surface area contributed by atoms with Gasteiger partial charge in [-0.3, -0.25) is 13.9 Å². The van der Waals surface area contributed by atoms with Crippen LogP contribution in [0, 0.1) is 13.8 Å². The van der Waals surface area contributed by atoms with Gasteiger partial charge in [0, 0.05) is 13.1 Å². The van der Waals surface area contributed by atoms with E-state index >= 15 is 0 Å². The molecule has 0 saturated heterocycles. The van der Waals surface area contributed by atoms with Gasteiger partial charge in [-0.2, -0.15) is 0 Å². The number of anilines is 1. The van der Waals surface area contributed by atoms with Crippen LogP contribution in [0.5, 0.6) is 0 Å². The topological polar surface area (TPSA) is 86.8 Å². The van der Waals surface area contributed by atoms with Crippen LogP contribution in [-0.2, 0) is 26.2 Å². The van der Waals surface area contributed by atoms with Crippen molar-refractivity contribution in [2.24, 2.45) is 0 Å². The predicted molar refractivity (Wildman–Crippen MR) is 147 cm³/mol. The van der Waals surface area contributed by atoms with Crippen molar-refractivity contribution in [1.29, 1.82) is 0 Å². The lowest BCUT2D eigenvalue weighted by Gasteiger charge is -2.32. The molecule has 8 heteroatoms. The summed E-state index contributed by atoms with van der Waals surface area (Å²) in [6.07, 6.45) is 0.764. The lowest BCUT2D eigenvalue weighted by molar-refractivity contribution is -0.139. The standard InChI is InChI=1S/C29H35N3O4S/c1-5-19-30-29(34)24(4)31(20-25-15-11-9-13-22(25)2)28(33)21-32(27-18-12-10-14-23(27)3)37(35,36)26-16-7-6-8-17-26/h6-18,24H,5,19-21H2,1-4H3,(H,30,34)/t24-/m1/s1. The Morgan fingerprint density at radius 2 is 1.46 bits per heavy atom. The molecule has 7 nitrogen and oxygen atoms in total. The lowest BCUT2D eigenvalue weighted by Crippen LogP contribution is -2.51. The van der Waals surface area contributed by atoms with Crippen LogP contribution >= 0.6 is 0 Å². The number of benzene rings is 3. The van der Waals surface area contributed by atoms with Crippen LogP contribution in [0.15, 0.2) is 83.8 Å². The Kier molecular flexibility index (Phi) is 9.47. The number of para-hydroxylation sites is 1. The Hall–Kier alpha value is -3.65. The summed E-state index contributed by atoms with van der Waals surface area (Å²) in [7, 11) is -4.06. The molecule has 1 N–H and O–H groups in total. The van der Waals surface area contributed by atoms with Gasteiger partial charge < -0.3 is 10.2 Å². The van der Waals surface area contributed by atoms with E-state index in [9.17, 15) is 18.0 Å². The first-order chi connectivity index (χ1) is 17.7. The molecule has 37 heavy (non-hydrogen) atoms. The number of hydrogen-bond donors (Lipinski definition) is 1. The number of amides is 2. The second kappa shape index (κ2) is 12.5. The molecule has 2 amide bonds. The van der Waals surface area contributed by atoms with Gasteiger partial charge in [0.1, 0.15) is 12.6 Å². The summed E-state index contributed by atoms with van der Waals surface area (Å²) >= 11 is 0. The quantitative estimate of drug-likeness (QED) is 0.404. The summed E-state index contributed by atoms with van der Waals surface area (Å²) in [6.45, 7) is 7.60. The molecule has 0 spiro atoms. The minimum atomic E-state index is -4.06. The highest BCUT2D eigenvalue weighted by molar-refractivity contribution is 7.92. The molecular formula is C29H35N3O4S. The van der Waals surface area contributed by atoms with E-state index in [1.165, 1.54) is 17.0 Å². The number of aryl methyl sites for hydroxylation is 2. The smallest absolute Gasteiger partial charge is 0.264 e. The summed E-state index contributed by atoms with van der Waals surface area (Å²) in [5, 5.41) is 2.85. The third-order valence-electron chi connectivity index (χ3n) is 6.31. The minimum absolute atomic E-state index is 0.0882. The fourth-order valence-electron chi connectivity index (χ4n) is 4.03. The maximum Gasteiger partial charge on any atom is 0.264 e. The first-order valence-electron chi connectivity index (χ1n) is 12.4. The van der Waals surface area contributed by atoms with Crippen LogP contribution in [0.3, 0.4) is 0 Å². The number of nitrogens with one attached hydrogen (secondary N) is 1. The molecule has 0 aliphatic carbocycles. The number of nitrogens with zero attached hydrogens (tertiary/aromatic N) is 2. The third kappa shape index (κ3) is 6.77. The summed E-state index contributed by atoms with van der Waals surface area (Å²) in [6, 6.07) is 22.0. The van der Waals surface area contributed by atoms with Crippen molar-refractivity contribution in [3.63, 3.8) is 0 Å². The molecule has 0 bridgehead atoms. The number of sulfonamides is 1. The molecule has 0 saturated carbocycles. The van der Waals surface area contributed by atoms with E-state index < -0.39 is 28.5 Å². The Morgan fingerprint density at radius 1 is 0.865 bits per heavy atom. The molecule has 0 unspecified atom stereocenters. The fourth-order valence-corrected chi connectivity index (χ4v) is 5.53. The molecule has 3 rings (SSSR count). The molecule has 1 atom stereocenters. The van der Waals surface area contributed by atoms with Gasteiger partial charge in [0.15, 0.2) is 0 Å². The molecule has 0 fully saturated rings. The zero-order chi connectivity index (χ0) is 27.0. The minimum Gasteiger partial charge on any atom is -0.354 e. The van der Waals surface area contributed by atoms with Gasteiger partial charge in [-0.05, 0) is 62.1 Å². The number of carbonyl (C=O) groups excluding carboxylic acids is 2. The summed E-state index contributed by atoms with van der Waals surface area (Å²) in [4.78, 5) is 28.4. The van der Waals surface area contributed by atoms with Gasteiger partial charge in [0.2, 0.25) is 11.8 Å². The molecule has 0 heterocycles.